The van der Waals surface area contributed by atoms with Crippen LogP contribution in [0.3, 0.4) is 0 Å². The van der Waals surface area contributed by atoms with Gasteiger partial charge in [0.25, 0.3) is 0 Å². The second-order valence-electron chi connectivity index (χ2n) is 5.44. The van der Waals surface area contributed by atoms with Crippen LogP contribution in [0.4, 0.5) is 10.1 Å². The standard InChI is InChI=1S/C16H25FN2O/c1-3-6-18-11-13-8-14(17)10-15(9-13)19-7-4-5-16(12-19)20-2/h8-10,16,18H,3-7,11-12H2,1-2H3. The normalized spacial score (nSPS) is 19.4. The number of nitrogens with one attached hydrogen (secondary N) is 1. The number of benzene rings is 1. The molecule has 1 atom stereocenters. The average molecular weight is 280 g/mol. The fourth-order valence-electron chi connectivity index (χ4n) is 2.69. The second-order valence-corrected chi connectivity index (χ2v) is 5.44. The maximum atomic E-state index is 13.8. The highest BCUT2D eigenvalue weighted by molar-refractivity contribution is 5.49. The molecule has 0 aliphatic carbocycles. The highest BCUT2D eigenvalue weighted by atomic mass is 19.1. The fraction of sp³-hybridized carbons (Fsp3) is 0.625. The van der Waals surface area contributed by atoms with Crippen molar-refractivity contribution in [3.63, 3.8) is 0 Å². The summed E-state index contributed by atoms with van der Waals surface area (Å²) in [7, 11) is 1.75. The number of hydrogen-bond donors (Lipinski definition) is 1. The second kappa shape index (κ2) is 7.60. The van der Waals surface area contributed by atoms with Crippen LogP contribution in [-0.2, 0) is 11.3 Å². The van der Waals surface area contributed by atoms with Crippen LogP contribution >= 0.6 is 0 Å². The maximum Gasteiger partial charge on any atom is 0.125 e. The molecule has 0 saturated carbocycles. The summed E-state index contributed by atoms with van der Waals surface area (Å²) in [4.78, 5) is 2.23. The van der Waals surface area contributed by atoms with E-state index in [1.807, 2.05) is 0 Å². The fourth-order valence-corrected chi connectivity index (χ4v) is 2.69. The monoisotopic (exact) mass is 280 g/mol. The van der Waals surface area contributed by atoms with Crippen molar-refractivity contribution in [2.75, 3.05) is 31.6 Å². The van der Waals surface area contributed by atoms with Crippen molar-refractivity contribution in [2.24, 2.45) is 0 Å². The molecule has 20 heavy (non-hydrogen) atoms. The van der Waals surface area contributed by atoms with Gasteiger partial charge in [0.2, 0.25) is 0 Å². The van der Waals surface area contributed by atoms with E-state index in [2.05, 4.69) is 23.2 Å². The number of piperidine rings is 1. The summed E-state index contributed by atoms with van der Waals surface area (Å²) in [5.41, 5.74) is 1.98. The minimum Gasteiger partial charge on any atom is -0.380 e. The van der Waals surface area contributed by atoms with Crippen LogP contribution in [0.5, 0.6) is 0 Å². The van der Waals surface area contributed by atoms with Gasteiger partial charge in [-0.2, -0.15) is 0 Å². The topological polar surface area (TPSA) is 24.5 Å². The van der Waals surface area contributed by atoms with Crippen molar-refractivity contribution in [1.82, 2.24) is 5.32 Å². The van der Waals surface area contributed by atoms with Gasteiger partial charge in [-0.05, 0) is 49.6 Å². The van der Waals surface area contributed by atoms with E-state index in [0.717, 1.165) is 56.7 Å². The Morgan fingerprint density at radius 3 is 3.00 bits per heavy atom. The number of nitrogens with zero attached hydrogens (tertiary/aromatic N) is 1. The van der Waals surface area contributed by atoms with Crippen LogP contribution in [0.25, 0.3) is 0 Å². The van der Waals surface area contributed by atoms with Crippen LogP contribution < -0.4 is 10.2 Å². The van der Waals surface area contributed by atoms with Crippen LogP contribution in [0, 0.1) is 5.82 Å². The molecule has 112 valence electrons. The summed E-state index contributed by atoms with van der Waals surface area (Å²) >= 11 is 0. The number of halogens is 1. The van der Waals surface area contributed by atoms with Gasteiger partial charge in [0.1, 0.15) is 5.82 Å². The molecular formula is C16H25FN2O. The highest BCUT2D eigenvalue weighted by Crippen LogP contribution is 2.23. The van der Waals surface area contributed by atoms with E-state index >= 15 is 0 Å². The van der Waals surface area contributed by atoms with Crippen LogP contribution in [-0.4, -0.2) is 32.8 Å². The molecule has 4 heteroatoms. The van der Waals surface area contributed by atoms with E-state index in [4.69, 9.17) is 4.74 Å². The maximum absolute atomic E-state index is 13.8. The van der Waals surface area contributed by atoms with Crippen LogP contribution in [0.1, 0.15) is 31.7 Å². The molecule has 0 bridgehead atoms. The number of anilines is 1. The molecule has 0 aromatic heterocycles. The Morgan fingerprint density at radius 1 is 1.40 bits per heavy atom. The van der Waals surface area contributed by atoms with Crippen molar-refractivity contribution in [1.29, 1.82) is 0 Å². The first-order valence-electron chi connectivity index (χ1n) is 7.51. The average Bonchev–Trinajstić information content (AvgIpc) is 2.47. The molecule has 1 heterocycles. The first kappa shape index (κ1) is 15.3. The first-order valence-corrected chi connectivity index (χ1v) is 7.51. The van der Waals surface area contributed by atoms with Crippen molar-refractivity contribution in [3.8, 4) is 0 Å². The van der Waals surface area contributed by atoms with E-state index in [1.54, 1.807) is 19.2 Å². The Hall–Kier alpha value is -1.13. The molecule has 1 fully saturated rings. The Kier molecular flexibility index (Phi) is 5.80. The summed E-state index contributed by atoms with van der Waals surface area (Å²) in [5, 5.41) is 3.32. The van der Waals surface area contributed by atoms with E-state index in [1.165, 1.54) is 0 Å². The van der Waals surface area contributed by atoms with Gasteiger partial charge in [0.05, 0.1) is 6.10 Å². The van der Waals surface area contributed by atoms with Gasteiger partial charge in [-0.3, -0.25) is 0 Å². The van der Waals surface area contributed by atoms with E-state index in [9.17, 15) is 4.39 Å². The SMILES string of the molecule is CCCNCc1cc(F)cc(N2CCCC(OC)C2)c1. The predicted octanol–water partition coefficient (Wildman–Crippen LogP) is 2.94. The van der Waals surface area contributed by atoms with Gasteiger partial charge in [0.15, 0.2) is 0 Å². The molecule has 2 rings (SSSR count). The summed E-state index contributed by atoms with van der Waals surface area (Å²) in [6.45, 7) is 5.64. The smallest absolute Gasteiger partial charge is 0.125 e. The van der Waals surface area contributed by atoms with Crippen LogP contribution in [0.2, 0.25) is 0 Å². The molecular weight excluding hydrogens is 255 g/mol. The van der Waals surface area contributed by atoms with Gasteiger partial charge in [-0.25, -0.2) is 4.39 Å². The summed E-state index contributed by atoms with van der Waals surface area (Å²) in [5.74, 6) is -0.157. The van der Waals surface area contributed by atoms with Crippen molar-refractivity contribution in [2.45, 2.75) is 38.8 Å². The lowest BCUT2D eigenvalue weighted by Gasteiger charge is -2.34. The van der Waals surface area contributed by atoms with Crippen molar-refractivity contribution < 1.29 is 9.13 Å². The summed E-state index contributed by atoms with van der Waals surface area (Å²) < 4.78 is 19.2. The third-order valence-corrected chi connectivity index (χ3v) is 3.77. The Bertz CT molecular complexity index is 425. The summed E-state index contributed by atoms with van der Waals surface area (Å²) in [6, 6.07) is 5.33. The Morgan fingerprint density at radius 2 is 2.25 bits per heavy atom. The molecule has 1 unspecified atom stereocenters. The van der Waals surface area contributed by atoms with Gasteiger partial charge < -0.3 is 15.0 Å². The molecule has 1 aliphatic heterocycles. The largest absolute Gasteiger partial charge is 0.380 e. The molecule has 3 nitrogen and oxygen atoms in total. The van der Waals surface area contributed by atoms with Crippen molar-refractivity contribution >= 4 is 5.69 Å². The molecule has 0 radical (unpaired) electrons. The molecule has 1 aromatic carbocycles. The van der Waals surface area contributed by atoms with Gasteiger partial charge in [-0.1, -0.05) is 6.92 Å². The Labute approximate surface area is 121 Å². The number of methoxy groups -OCH3 is 1. The Balaban J connectivity index is 2.06. The molecule has 1 N–H and O–H groups in total. The minimum absolute atomic E-state index is 0.157. The van der Waals surface area contributed by atoms with Crippen molar-refractivity contribution in [3.05, 3.63) is 29.6 Å². The number of ether oxygens (including phenoxy) is 1. The van der Waals surface area contributed by atoms with Gasteiger partial charge >= 0.3 is 0 Å². The van der Waals surface area contributed by atoms with Crippen LogP contribution in [0.15, 0.2) is 18.2 Å². The minimum atomic E-state index is -0.157. The number of hydrogen-bond acceptors (Lipinski definition) is 3. The predicted molar refractivity (Wildman–Crippen MR) is 80.6 cm³/mol. The van der Waals surface area contributed by atoms with Gasteiger partial charge in [-0.15, -0.1) is 0 Å². The summed E-state index contributed by atoms with van der Waals surface area (Å²) in [6.07, 6.45) is 3.53. The first-order chi connectivity index (χ1) is 9.72. The van der Waals surface area contributed by atoms with E-state index < -0.39 is 0 Å². The highest BCUT2D eigenvalue weighted by Gasteiger charge is 2.20. The lowest BCUT2D eigenvalue weighted by atomic mass is 10.1. The molecule has 0 spiro atoms. The molecule has 1 saturated heterocycles. The zero-order valence-electron chi connectivity index (χ0n) is 12.5. The third kappa shape index (κ3) is 4.18. The molecule has 1 aliphatic rings. The zero-order valence-corrected chi connectivity index (χ0v) is 12.5. The lowest BCUT2D eigenvalue weighted by Crippen LogP contribution is -2.39. The van der Waals surface area contributed by atoms with E-state index in [0.29, 0.717) is 0 Å². The third-order valence-electron chi connectivity index (χ3n) is 3.77. The lowest BCUT2D eigenvalue weighted by molar-refractivity contribution is 0.0893. The number of rotatable bonds is 6. The van der Waals surface area contributed by atoms with E-state index in [-0.39, 0.29) is 11.9 Å². The quantitative estimate of drug-likeness (QED) is 0.811. The van der Waals surface area contributed by atoms with Gasteiger partial charge in [0, 0.05) is 32.4 Å². The molecule has 1 aromatic rings. The zero-order chi connectivity index (χ0) is 14.4. The molecule has 0 amide bonds.